The second-order valence-electron chi connectivity index (χ2n) is 4.28. The number of amides is 1. The summed E-state index contributed by atoms with van der Waals surface area (Å²) in [4.78, 5) is 12.0. The lowest BCUT2D eigenvalue weighted by Crippen LogP contribution is -2.34. The molecule has 0 aromatic heterocycles. The minimum atomic E-state index is -0.328. The van der Waals surface area contributed by atoms with E-state index in [0.29, 0.717) is 11.3 Å². The van der Waals surface area contributed by atoms with Crippen LogP contribution in [0.3, 0.4) is 0 Å². The molecule has 0 spiro atoms. The Labute approximate surface area is 121 Å². The van der Waals surface area contributed by atoms with E-state index in [9.17, 15) is 9.18 Å². The summed E-state index contributed by atoms with van der Waals surface area (Å²) in [7, 11) is 0. The van der Waals surface area contributed by atoms with Crippen LogP contribution in [-0.2, 0) is 0 Å². The molecule has 0 aliphatic rings. The van der Waals surface area contributed by atoms with Crippen molar-refractivity contribution in [2.45, 2.75) is 6.92 Å². The Morgan fingerprint density at radius 1 is 1.15 bits per heavy atom. The van der Waals surface area contributed by atoms with Crippen molar-refractivity contribution in [1.29, 1.82) is 0 Å². The van der Waals surface area contributed by atoms with Crippen LogP contribution in [0, 0.1) is 12.7 Å². The van der Waals surface area contributed by atoms with Gasteiger partial charge in [0.25, 0.3) is 5.91 Å². The molecule has 0 unspecified atom stereocenters. The molecule has 0 saturated heterocycles. The minimum Gasteiger partial charge on any atom is -0.332 e. The molecule has 102 valence electrons. The van der Waals surface area contributed by atoms with Crippen molar-refractivity contribution >= 4 is 28.9 Å². The first kappa shape index (κ1) is 14.1. The van der Waals surface area contributed by atoms with Crippen LogP contribution in [0.1, 0.15) is 15.9 Å². The topological polar surface area (TPSA) is 41.1 Å². The monoisotopic (exact) mass is 288 g/mol. The average molecular weight is 288 g/mol. The highest BCUT2D eigenvalue weighted by atomic mass is 32.1. The third kappa shape index (κ3) is 3.86. The average Bonchev–Trinajstić information content (AvgIpc) is 2.41. The van der Waals surface area contributed by atoms with Crippen LogP contribution >= 0.6 is 12.2 Å². The number of halogens is 1. The summed E-state index contributed by atoms with van der Waals surface area (Å²) in [6.45, 7) is 1.91. The van der Waals surface area contributed by atoms with E-state index >= 15 is 0 Å². The van der Waals surface area contributed by atoms with E-state index in [0.717, 1.165) is 5.56 Å². The number of thiocarbonyl (C=S) groups is 1. The van der Waals surface area contributed by atoms with Gasteiger partial charge in [0, 0.05) is 11.3 Å². The normalized spacial score (nSPS) is 9.90. The van der Waals surface area contributed by atoms with Gasteiger partial charge in [0.15, 0.2) is 5.11 Å². The number of anilines is 1. The lowest BCUT2D eigenvalue weighted by molar-refractivity contribution is 0.0977. The Bertz CT molecular complexity index is 641. The molecule has 20 heavy (non-hydrogen) atoms. The molecule has 2 aromatic carbocycles. The molecule has 3 nitrogen and oxygen atoms in total. The Hall–Kier alpha value is -2.27. The van der Waals surface area contributed by atoms with E-state index in [1.54, 1.807) is 30.3 Å². The lowest BCUT2D eigenvalue weighted by Gasteiger charge is -2.09. The quantitative estimate of drug-likeness (QED) is 0.833. The summed E-state index contributed by atoms with van der Waals surface area (Å²) in [6, 6.07) is 12.9. The molecule has 2 aromatic rings. The zero-order chi connectivity index (χ0) is 14.5. The van der Waals surface area contributed by atoms with Crippen molar-refractivity contribution in [3.63, 3.8) is 0 Å². The Balaban J connectivity index is 1.97. The molecule has 5 heteroatoms. The largest absolute Gasteiger partial charge is 0.332 e. The molecule has 1 amide bonds. The summed E-state index contributed by atoms with van der Waals surface area (Å²) in [5.41, 5.74) is 2.14. The molecule has 0 atom stereocenters. The van der Waals surface area contributed by atoms with Crippen molar-refractivity contribution in [3.05, 3.63) is 65.5 Å². The van der Waals surface area contributed by atoms with Crippen LogP contribution in [0.4, 0.5) is 10.1 Å². The molecule has 0 heterocycles. The van der Waals surface area contributed by atoms with Crippen LogP contribution in [-0.4, -0.2) is 11.0 Å². The van der Waals surface area contributed by atoms with Gasteiger partial charge in [-0.3, -0.25) is 10.1 Å². The Kier molecular flexibility index (Phi) is 4.42. The number of hydrogen-bond donors (Lipinski definition) is 2. The summed E-state index contributed by atoms with van der Waals surface area (Å²) in [6.07, 6.45) is 0. The van der Waals surface area contributed by atoms with Gasteiger partial charge < -0.3 is 5.32 Å². The Morgan fingerprint density at radius 3 is 2.50 bits per heavy atom. The van der Waals surface area contributed by atoms with Gasteiger partial charge in [-0.15, -0.1) is 0 Å². The van der Waals surface area contributed by atoms with E-state index in [4.69, 9.17) is 12.2 Å². The summed E-state index contributed by atoms with van der Waals surface area (Å²) >= 11 is 5.04. The predicted molar refractivity (Wildman–Crippen MR) is 81.3 cm³/mol. The van der Waals surface area contributed by atoms with Crippen molar-refractivity contribution in [2.24, 2.45) is 0 Å². The fourth-order valence-electron chi connectivity index (χ4n) is 1.66. The molecule has 0 saturated carbocycles. The van der Waals surface area contributed by atoms with Crippen molar-refractivity contribution in [2.75, 3.05) is 5.32 Å². The van der Waals surface area contributed by atoms with Gasteiger partial charge in [-0.25, -0.2) is 4.39 Å². The minimum absolute atomic E-state index is 0.170. The van der Waals surface area contributed by atoms with Crippen molar-refractivity contribution < 1.29 is 9.18 Å². The number of nitrogens with one attached hydrogen (secondary N) is 2. The zero-order valence-corrected chi connectivity index (χ0v) is 11.6. The van der Waals surface area contributed by atoms with E-state index < -0.39 is 0 Å². The van der Waals surface area contributed by atoms with Crippen LogP contribution in [0.15, 0.2) is 48.5 Å². The molecule has 2 rings (SSSR count). The maximum absolute atomic E-state index is 12.8. The highest BCUT2D eigenvalue weighted by Gasteiger charge is 2.07. The lowest BCUT2D eigenvalue weighted by atomic mass is 10.1. The first-order chi connectivity index (χ1) is 9.54. The standard InChI is InChI=1S/C15H13FN2OS/c1-10-3-2-4-11(9-10)14(19)18-15(20)17-13-7-5-12(16)6-8-13/h2-9H,1H3,(H2,17,18,19,20). The van der Waals surface area contributed by atoms with Gasteiger partial charge in [-0.05, 0) is 55.5 Å². The number of hydrogen-bond acceptors (Lipinski definition) is 2. The number of benzene rings is 2. The van der Waals surface area contributed by atoms with Crippen molar-refractivity contribution in [1.82, 2.24) is 5.32 Å². The molecule has 2 N–H and O–H groups in total. The van der Waals surface area contributed by atoms with Crippen molar-refractivity contribution in [3.8, 4) is 0 Å². The van der Waals surface area contributed by atoms with Gasteiger partial charge in [-0.1, -0.05) is 17.7 Å². The summed E-state index contributed by atoms with van der Waals surface area (Å²) in [5, 5.41) is 5.56. The van der Waals surface area contributed by atoms with Crippen LogP contribution < -0.4 is 10.6 Å². The van der Waals surface area contributed by atoms with Gasteiger partial charge in [0.2, 0.25) is 0 Å². The first-order valence-corrected chi connectivity index (χ1v) is 6.40. The van der Waals surface area contributed by atoms with Gasteiger partial charge in [-0.2, -0.15) is 0 Å². The first-order valence-electron chi connectivity index (χ1n) is 5.99. The highest BCUT2D eigenvalue weighted by molar-refractivity contribution is 7.80. The zero-order valence-electron chi connectivity index (χ0n) is 10.8. The van der Waals surface area contributed by atoms with Gasteiger partial charge in [0.1, 0.15) is 5.82 Å². The van der Waals surface area contributed by atoms with Crippen LogP contribution in [0.25, 0.3) is 0 Å². The van der Waals surface area contributed by atoms with Gasteiger partial charge >= 0.3 is 0 Å². The van der Waals surface area contributed by atoms with E-state index in [1.165, 1.54) is 12.1 Å². The molecule has 0 fully saturated rings. The second-order valence-corrected chi connectivity index (χ2v) is 4.69. The third-order valence-corrected chi connectivity index (χ3v) is 2.81. The number of aryl methyl sites for hydroxylation is 1. The molecular formula is C15H13FN2OS. The number of carbonyl (C=O) groups is 1. The van der Waals surface area contributed by atoms with Gasteiger partial charge in [0.05, 0.1) is 0 Å². The number of rotatable bonds is 2. The highest BCUT2D eigenvalue weighted by Crippen LogP contribution is 2.08. The fraction of sp³-hybridized carbons (Fsp3) is 0.0667. The predicted octanol–water partition coefficient (Wildman–Crippen LogP) is 3.26. The van der Waals surface area contributed by atoms with E-state index in [1.807, 2.05) is 13.0 Å². The number of carbonyl (C=O) groups excluding carboxylic acids is 1. The second kappa shape index (κ2) is 6.25. The third-order valence-electron chi connectivity index (χ3n) is 2.61. The smallest absolute Gasteiger partial charge is 0.257 e. The summed E-state index contributed by atoms with van der Waals surface area (Å²) in [5.74, 6) is -0.612. The maximum atomic E-state index is 12.8. The molecular weight excluding hydrogens is 275 g/mol. The van der Waals surface area contributed by atoms with Crippen LogP contribution in [0.2, 0.25) is 0 Å². The molecule has 0 aliphatic carbocycles. The molecule has 0 aliphatic heterocycles. The summed E-state index contributed by atoms with van der Waals surface area (Å²) < 4.78 is 12.8. The SMILES string of the molecule is Cc1cccc(C(=O)NC(=S)Nc2ccc(F)cc2)c1. The molecule has 0 radical (unpaired) electrons. The van der Waals surface area contributed by atoms with Crippen LogP contribution in [0.5, 0.6) is 0 Å². The maximum Gasteiger partial charge on any atom is 0.257 e. The van der Waals surface area contributed by atoms with E-state index in [-0.39, 0.29) is 16.8 Å². The Morgan fingerprint density at radius 2 is 1.85 bits per heavy atom. The van der Waals surface area contributed by atoms with E-state index in [2.05, 4.69) is 10.6 Å². The fourth-order valence-corrected chi connectivity index (χ4v) is 1.87. The molecule has 0 bridgehead atoms.